The topological polar surface area (TPSA) is 38.5 Å². The first-order chi connectivity index (χ1) is 8.42. The van der Waals surface area contributed by atoms with Crippen molar-refractivity contribution in [3.63, 3.8) is 0 Å². The van der Waals surface area contributed by atoms with Crippen molar-refractivity contribution in [3.05, 3.63) is 28.8 Å². The van der Waals surface area contributed by atoms with Crippen LogP contribution < -0.4 is 10.5 Å². The molecule has 18 heavy (non-hydrogen) atoms. The maximum Gasteiger partial charge on any atom is 0.124 e. The van der Waals surface area contributed by atoms with Gasteiger partial charge in [-0.1, -0.05) is 19.1 Å². The molecule has 0 bridgehead atoms. The number of nitrogens with zero attached hydrogens (tertiary/aromatic N) is 1. The predicted molar refractivity (Wildman–Crippen MR) is 77.1 cm³/mol. The van der Waals surface area contributed by atoms with Crippen molar-refractivity contribution >= 4 is 0 Å². The van der Waals surface area contributed by atoms with Gasteiger partial charge in [0.2, 0.25) is 0 Å². The molecule has 0 spiro atoms. The number of aryl methyl sites for hydroxylation is 2. The second-order valence-electron chi connectivity index (χ2n) is 5.31. The van der Waals surface area contributed by atoms with Crippen LogP contribution >= 0.6 is 0 Å². The van der Waals surface area contributed by atoms with E-state index in [0.717, 1.165) is 5.75 Å². The molecular weight excluding hydrogens is 224 g/mol. The summed E-state index contributed by atoms with van der Waals surface area (Å²) in [5, 5.41) is 0. The Morgan fingerprint density at radius 1 is 1.22 bits per heavy atom. The lowest BCUT2D eigenvalue weighted by Crippen LogP contribution is -2.30. The van der Waals surface area contributed by atoms with Gasteiger partial charge in [-0.2, -0.15) is 0 Å². The Hall–Kier alpha value is -1.06. The number of methoxy groups -OCH3 is 1. The molecule has 3 heteroatoms. The van der Waals surface area contributed by atoms with Crippen molar-refractivity contribution in [2.24, 2.45) is 11.7 Å². The highest BCUT2D eigenvalue weighted by Gasteiger charge is 2.21. The first-order valence-electron chi connectivity index (χ1n) is 6.44. The minimum atomic E-state index is 0.346. The summed E-state index contributed by atoms with van der Waals surface area (Å²) in [4.78, 5) is 2.23. The van der Waals surface area contributed by atoms with Gasteiger partial charge in [0.25, 0.3) is 0 Å². The molecule has 2 unspecified atom stereocenters. The van der Waals surface area contributed by atoms with Crippen molar-refractivity contribution in [2.75, 3.05) is 27.7 Å². The van der Waals surface area contributed by atoms with Crippen molar-refractivity contribution < 1.29 is 4.74 Å². The van der Waals surface area contributed by atoms with Crippen molar-refractivity contribution in [2.45, 2.75) is 26.8 Å². The third-order valence-corrected chi connectivity index (χ3v) is 3.50. The van der Waals surface area contributed by atoms with Crippen LogP contribution in [0.15, 0.2) is 12.1 Å². The molecule has 0 fully saturated rings. The van der Waals surface area contributed by atoms with Crippen LogP contribution in [0.3, 0.4) is 0 Å². The van der Waals surface area contributed by atoms with Crippen LogP contribution in [0.1, 0.15) is 29.7 Å². The Balaban J connectivity index is 3.22. The third kappa shape index (κ3) is 3.03. The molecule has 0 heterocycles. The van der Waals surface area contributed by atoms with E-state index in [9.17, 15) is 0 Å². The van der Waals surface area contributed by atoms with E-state index >= 15 is 0 Å². The van der Waals surface area contributed by atoms with Gasteiger partial charge >= 0.3 is 0 Å². The lowest BCUT2D eigenvalue weighted by atomic mass is 9.91. The second-order valence-corrected chi connectivity index (χ2v) is 5.31. The van der Waals surface area contributed by atoms with E-state index in [2.05, 4.69) is 51.9 Å². The molecule has 0 aromatic heterocycles. The summed E-state index contributed by atoms with van der Waals surface area (Å²) in [5.74, 6) is 1.41. The average molecular weight is 250 g/mol. The van der Waals surface area contributed by atoms with Crippen molar-refractivity contribution in [1.82, 2.24) is 4.90 Å². The Bertz CT molecular complexity index is 378. The average Bonchev–Trinajstić information content (AvgIpc) is 2.28. The SMILES string of the molecule is COc1c(C)cc(C(C(C)CN)N(C)C)cc1C. The van der Waals surface area contributed by atoms with Gasteiger partial charge in [0.1, 0.15) is 5.75 Å². The van der Waals surface area contributed by atoms with E-state index in [1.165, 1.54) is 16.7 Å². The van der Waals surface area contributed by atoms with Crippen LogP contribution in [0.4, 0.5) is 0 Å². The Kier molecular flexibility index (Phi) is 5.17. The minimum absolute atomic E-state index is 0.346. The van der Waals surface area contributed by atoms with Crippen LogP contribution in [0, 0.1) is 19.8 Å². The zero-order chi connectivity index (χ0) is 13.9. The molecule has 2 atom stereocenters. The molecule has 1 aromatic rings. The lowest BCUT2D eigenvalue weighted by molar-refractivity contribution is 0.227. The molecule has 1 aromatic carbocycles. The van der Waals surface area contributed by atoms with Gasteiger partial charge in [-0.25, -0.2) is 0 Å². The third-order valence-electron chi connectivity index (χ3n) is 3.50. The maximum atomic E-state index is 5.83. The summed E-state index contributed by atoms with van der Waals surface area (Å²) in [5.41, 5.74) is 9.51. The molecule has 0 saturated carbocycles. The number of ether oxygens (including phenoxy) is 1. The van der Waals surface area contributed by atoms with Crippen LogP contribution in [-0.4, -0.2) is 32.6 Å². The fourth-order valence-corrected chi connectivity index (χ4v) is 2.74. The normalized spacial score (nSPS) is 14.7. The molecule has 0 amide bonds. The van der Waals surface area contributed by atoms with E-state index in [4.69, 9.17) is 10.5 Å². The van der Waals surface area contributed by atoms with E-state index in [0.29, 0.717) is 18.5 Å². The second kappa shape index (κ2) is 6.21. The lowest BCUT2D eigenvalue weighted by Gasteiger charge is -2.30. The van der Waals surface area contributed by atoms with E-state index in [1.54, 1.807) is 7.11 Å². The fraction of sp³-hybridized carbons (Fsp3) is 0.600. The Morgan fingerprint density at radius 3 is 2.06 bits per heavy atom. The monoisotopic (exact) mass is 250 g/mol. The number of hydrogen-bond acceptors (Lipinski definition) is 3. The first-order valence-corrected chi connectivity index (χ1v) is 6.44. The number of benzene rings is 1. The van der Waals surface area contributed by atoms with Gasteiger partial charge in [-0.05, 0) is 57.1 Å². The summed E-state index contributed by atoms with van der Waals surface area (Å²) in [6.07, 6.45) is 0. The van der Waals surface area contributed by atoms with Gasteiger partial charge in [-0.15, -0.1) is 0 Å². The predicted octanol–water partition coefficient (Wildman–Crippen LogP) is 2.51. The van der Waals surface area contributed by atoms with E-state index in [-0.39, 0.29) is 0 Å². The molecule has 0 aliphatic carbocycles. The fourth-order valence-electron chi connectivity index (χ4n) is 2.74. The highest BCUT2D eigenvalue weighted by molar-refractivity contribution is 5.44. The van der Waals surface area contributed by atoms with Crippen LogP contribution in [0.25, 0.3) is 0 Å². The number of hydrogen-bond donors (Lipinski definition) is 1. The molecule has 1 rings (SSSR count). The highest BCUT2D eigenvalue weighted by Crippen LogP contribution is 2.32. The van der Waals surface area contributed by atoms with Crippen LogP contribution in [0.5, 0.6) is 5.75 Å². The van der Waals surface area contributed by atoms with Gasteiger partial charge in [-0.3, -0.25) is 0 Å². The molecular formula is C15H26N2O. The largest absolute Gasteiger partial charge is 0.496 e. The Morgan fingerprint density at radius 2 is 1.72 bits per heavy atom. The summed E-state index contributed by atoms with van der Waals surface area (Å²) >= 11 is 0. The number of rotatable bonds is 5. The van der Waals surface area contributed by atoms with Gasteiger partial charge in [0, 0.05) is 6.04 Å². The van der Waals surface area contributed by atoms with E-state index < -0.39 is 0 Å². The molecule has 0 saturated heterocycles. The number of nitrogens with two attached hydrogens (primary N) is 1. The molecule has 0 aliphatic rings. The molecule has 2 N–H and O–H groups in total. The molecule has 0 aliphatic heterocycles. The van der Waals surface area contributed by atoms with Gasteiger partial charge in [0.05, 0.1) is 7.11 Å². The molecule has 102 valence electrons. The summed E-state index contributed by atoms with van der Waals surface area (Å²) in [6, 6.07) is 4.77. The molecule has 3 nitrogen and oxygen atoms in total. The quantitative estimate of drug-likeness (QED) is 0.872. The van der Waals surface area contributed by atoms with Crippen LogP contribution in [-0.2, 0) is 0 Å². The smallest absolute Gasteiger partial charge is 0.124 e. The summed E-state index contributed by atoms with van der Waals surface area (Å²) < 4.78 is 5.42. The summed E-state index contributed by atoms with van der Waals surface area (Å²) in [6.45, 7) is 7.07. The maximum absolute atomic E-state index is 5.83. The highest BCUT2D eigenvalue weighted by atomic mass is 16.5. The zero-order valence-electron chi connectivity index (χ0n) is 12.4. The van der Waals surface area contributed by atoms with Gasteiger partial charge in [0.15, 0.2) is 0 Å². The first kappa shape index (κ1) is 15.0. The minimum Gasteiger partial charge on any atom is -0.496 e. The van der Waals surface area contributed by atoms with E-state index in [1.807, 2.05) is 0 Å². The summed E-state index contributed by atoms with van der Waals surface area (Å²) in [7, 11) is 5.93. The standard InChI is InChI=1S/C15H26N2O/c1-10-7-13(8-11(2)15(10)18-6)14(17(4)5)12(3)9-16/h7-8,12,14H,9,16H2,1-6H3. The van der Waals surface area contributed by atoms with Crippen molar-refractivity contribution in [3.8, 4) is 5.75 Å². The Labute approximate surface area is 111 Å². The van der Waals surface area contributed by atoms with Gasteiger partial charge < -0.3 is 15.4 Å². The zero-order valence-corrected chi connectivity index (χ0v) is 12.4. The molecule has 0 radical (unpaired) electrons. The van der Waals surface area contributed by atoms with Crippen molar-refractivity contribution in [1.29, 1.82) is 0 Å². The van der Waals surface area contributed by atoms with Crippen LogP contribution in [0.2, 0.25) is 0 Å².